The van der Waals surface area contributed by atoms with Crippen molar-refractivity contribution in [3.05, 3.63) is 23.8 Å². The Kier molecular flexibility index (Phi) is 8.38. The highest BCUT2D eigenvalue weighted by Crippen LogP contribution is 2.42. The molecule has 168 valence electrons. The van der Waals surface area contributed by atoms with Crippen molar-refractivity contribution in [3.63, 3.8) is 0 Å². The standard InChI is InChI=1S/C23H38N4O3/c1-22(2,20(28)24-3)15-26-21(25-4)27-16-23(12-8-7-9-13-23)17-10-11-18(29-5)19(14-17)30-6/h10-11,14H,7-9,12-13,15-16H2,1-6H3,(H,24,28)(H2,25,26,27). The molecule has 7 heteroatoms. The molecule has 2 rings (SSSR count). The third-order valence-corrected chi connectivity index (χ3v) is 6.16. The first-order valence-corrected chi connectivity index (χ1v) is 10.7. The smallest absolute Gasteiger partial charge is 0.227 e. The van der Waals surface area contributed by atoms with E-state index in [2.05, 4.69) is 33.1 Å². The molecule has 0 saturated heterocycles. The average molecular weight is 419 g/mol. The minimum absolute atomic E-state index is 0.000434. The Hall–Kier alpha value is -2.44. The summed E-state index contributed by atoms with van der Waals surface area (Å²) in [6, 6.07) is 6.25. The molecule has 3 N–H and O–H groups in total. The Morgan fingerprint density at radius 3 is 2.33 bits per heavy atom. The van der Waals surface area contributed by atoms with Crippen molar-refractivity contribution in [3.8, 4) is 11.5 Å². The number of benzene rings is 1. The van der Waals surface area contributed by atoms with Gasteiger partial charge in [0.25, 0.3) is 0 Å². The van der Waals surface area contributed by atoms with Crippen LogP contribution in [0.5, 0.6) is 11.5 Å². The van der Waals surface area contributed by atoms with E-state index >= 15 is 0 Å². The molecule has 0 heterocycles. The van der Waals surface area contributed by atoms with Gasteiger partial charge in [-0.1, -0.05) is 25.3 Å². The highest BCUT2D eigenvalue weighted by atomic mass is 16.5. The molecule has 0 bridgehead atoms. The second-order valence-electron chi connectivity index (χ2n) is 8.65. The van der Waals surface area contributed by atoms with Crippen LogP contribution in [0.2, 0.25) is 0 Å². The van der Waals surface area contributed by atoms with E-state index in [0.29, 0.717) is 12.5 Å². The molecule has 1 fully saturated rings. The van der Waals surface area contributed by atoms with E-state index in [4.69, 9.17) is 9.47 Å². The number of methoxy groups -OCH3 is 2. The molecule has 1 amide bonds. The van der Waals surface area contributed by atoms with Gasteiger partial charge in [-0.05, 0) is 44.4 Å². The predicted molar refractivity (Wildman–Crippen MR) is 122 cm³/mol. The van der Waals surface area contributed by atoms with Crippen LogP contribution in [0, 0.1) is 5.41 Å². The summed E-state index contributed by atoms with van der Waals surface area (Å²) in [5.41, 5.74) is 0.734. The normalized spacial score (nSPS) is 16.5. The topological polar surface area (TPSA) is 84.0 Å². The first kappa shape index (κ1) is 23.8. The summed E-state index contributed by atoms with van der Waals surface area (Å²) < 4.78 is 11.0. The molecule has 1 saturated carbocycles. The van der Waals surface area contributed by atoms with E-state index in [0.717, 1.165) is 30.9 Å². The number of rotatable bonds is 8. The molecule has 1 aliphatic carbocycles. The van der Waals surface area contributed by atoms with Gasteiger partial charge in [0.15, 0.2) is 17.5 Å². The van der Waals surface area contributed by atoms with Crippen molar-refractivity contribution in [2.45, 2.75) is 51.4 Å². The minimum atomic E-state index is -0.530. The van der Waals surface area contributed by atoms with Gasteiger partial charge in [-0.25, -0.2) is 0 Å². The molecule has 1 aromatic rings. The number of aliphatic imine (C=N–C) groups is 1. The summed E-state index contributed by atoms with van der Waals surface area (Å²) in [6.07, 6.45) is 5.88. The lowest BCUT2D eigenvalue weighted by Gasteiger charge is -2.39. The van der Waals surface area contributed by atoms with Gasteiger partial charge in [0.2, 0.25) is 5.91 Å². The van der Waals surface area contributed by atoms with E-state index in [1.807, 2.05) is 19.9 Å². The van der Waals surface area contributed by atoms with E-state index in [1.54, 1.807) is 28.3 Å². The number of amides is 1. The van der Waals surface area contributed by atoms with Crippen LogP contribution in [0.4, 0.5) is 0 Å². The second kappa shape index (κ2) is 10.5. The quantitative estimate of drug-likeness (QED) is 0.447. The average Bonchev–Trinajstić information content (AvgIpc) is 2.78. The SMILES string of the molecule is CN=C(NCC(C)(C)C(=O)NC)NCC1(c2ccc(OC)c(OC)c2)CCCCC1. The summed E-state index contributed by atoms with van der Waals surface area (Å²) in [4.78, 5) is 16.4. The lowest BCUT2D eigenvalue weighted by molar-refractivity contribution is -0.128. The summed E-state index contributed by atoms with van der Waals surface area (Å²) in [7, 11) is 6.75. The second-order valence-corrected chi connectivity index (χ2v) is 8.65. The number of carbonyl (C=O) groups excluding carboxylic acids is 1. The maximum atomic E-state index is 12.1. The minimum Gasteiger partial charge on any atom is -0.493 e. The Bertz CT molecular complexity index is 740. The van der Waals surface area contributed by atoms with Crippen LogP contribution in [0.3, 0.4) is 0 Å². The summed E-state index contributed by atoms with van der Waals surface area (Å²) in [5, 5.41) is 9.53. The van der Waals surface area contributed by atoms with Crippen LogP contribution < -0.4 is 25.4 Å². The van der Waals surface area contributed by atoms with Gasteiger partial charge in [0, 0.05) is 32.6 Å². The Labute approximate surface area is 181 Å². The molecule has 0 radical (unpaired) electrons. The number of ether oxygens (including phenoxy) is 2. The number of guanidine groups is 1. The number of hydrogen-bond acceptors (Lipinski definition) is 4. The van der Waals surface area contributed by atoms with Crippen molar-refractivity contribution in [2.75, 3.05) is 41.4 Å². The zero-order valence-electron chi connectivity index (χ0n) is 19.4. The van der Waals surface area contributed by atoms with Gasteiger partial charge in [0.05, 0.1) is 19.6 Å². The summed E-state index contributed by atoms with van der Waals surface area (Å²) in [6.45, 7) is 5.09. The Morgan fingerprint density at radius 2 is 1.77 bits per heavy atom. The third kappa shape index (κ3) is 5.58. The van der Waals surface area contributed by atoms with Gasteiger partial charge in [-0.15, -0.1) is 0 Å². The van der Waals surface area contributed by atoms with Crippen LogP contribution in [0.15, 0.2) is 23.2 Å². The van der Waals surface area contributed by atoms with Crippen molar-refractivity contribution in [2.24, 2.45) is 10.4 Å². The number of carbonyl (C=O) groups is 1. The van der Waals surface area contributed by atoms with Crippen molar-refractivity contribution in [1.82, 2.24) is 16.0 Å². The van der Waals surface area contributed by atoms with Crippen molar-refractivity contribution < 1.29 is 14.3 Å². The highest BCUT2D eigenvalue weighted by Gasteiger charge is 2.35. The molecule has 0 unspecified atom stereocenters. The maximum absolute atomic E-state index is 12.1. The molecule has 0 aliphatic heterocycles. The van der Waals surface area contributed by atoms with E-state index in [-0.39, 0.29) is 11.3 Å². The van der Waals surface area contributed by atoms with Crippen LogP contribution in [0.25, 0.3) is 0 Å². The lowest BCUT2D eigenvalue weighted by Crippen LogP contribution is -2.50. The zero-order chi connectivity index (χ0) is 22.2. The van der Waals surface area contributed by atoms with Crippen molar-refractivity contribution >= 4 is 11.9 Å². The molecule has 1 aromatic carbocycles. The van der Waals surface area contributed by atoms with Gasteiger partial charge < -0.3 is 25.4 Å². The third-order valence-electron chi connectivity index (χ3n) is 6.16. The van der Waals surface area contributed by atoms with Crippen LogP contribution >= 0.6 is 0 Å². The van der Waals surface area contributed by atoms with Gasteiger partial charge in [-0.3, -0.25) is 9.79 Å². The molecule has 30 heavy (non-hydrogen) atoms. The maximum Gasteiger partial charge on any atom is 0.227 e. The zero-order valence-corrected chi connectivity index (χ0v) is 19.4. The summed E-state index contributed by atoms with van der Waals surface area (Å²) in [5.74, 6) is 2.21. The van der Waals surface area contributed by atoms with Gasteiger partial charge in [-0.2, -0.15) is 0 Å². The number of nitrogens with one attached hydrogen (secondary N) is 3. The van der Waals surface area contributed by atoms with Crippen LogP contribution in [-0.4, -0.2) is 53.3 Å². The molecule has 1 aliphatic rings. The number of hydrogen-bond donors (Lipinski definition) is 3. The predicted octanol–water partition coefficient (Wildman–Crippen LogP) is 2.84. The van der Waals surface area contributed by atoms with Crippen LogP contribution in [0.1, 0.15) is 51.5 Å². The Morgan fingerprint density at radius 1 is 1.10 bits per heavy atom. The monoisotopic (exact) mass is 418 g/mol. The summed E-state index contributed by atoms with van der Waals surface area (Å²) >= 11 is 0. The fourth-order valence-electron chi connectivity index (χ4n) is 4.16. The molecular formula is C23H38N4O3. The fraction of sp³-hybridized carbons (Fsp3) is 0.652. The first-order chi connectivity index (χ1) is 14.3. The molecular weight excluding hydrogens is 380 g/mol. The van der Waals surface area contributed by atoms with Gasteiger partial charge in [0.1, 0.15) is 0 Å². The molecule has 7 nitrogen and oxygen atoms in total. The van der Waals surface area contributed by atoms with Crippen molar-refractivity contribution in [1.29, 1.82) is 0 Å². The van der Waals surface area contributed by atoms with Crippen LogP contribution in [-0.2, 0) is 10.2 Å². The fourth-order valence-corrected chi connectivity index (χ4v) is 4.16. The van der Waals surface area contributed by atoms with Gasteiger partial charge >= 0.3 is 0 Å². The molecule has 0 atom stereocenters. The van der Waals surface area contributed by atoms with E-state index < -0.39 is 5.41 Å². The molecule has 0 spiro atoms. The first-order valence-electron chi connectivity index (χ1n) is 10.7. The molecule has 0 aromatic heterocycles. The lowest BCUT2D eigenvalue weighted by atomic mass is 9.69. The van der Waals surface area contributed by atoms with E-state index in [1.165, 1.54) is 24.8 Å². The largest absolute Gasteiger partial charge is 0.493 e. The Balaban J connectivity index is 2.15. The van der Waals surface area contributed by atoms with E-state index in [9.17, 15) is 4.79 Å². The highest BCUT2D eigenvalue weighted by molar-refractivity contribution is 5.84. The number of nitrogens with zero attached hydrogens (tertiary/aromatic N) is 1.